The molecule has 0 atom stereocenters. The minimum Gasteiger partial charge on any atom is -0.487 e. The molecule has 0 N–H and O–H groups in total. The summed E-state index contributed by atoms with van der Waals surface area (Å²) < 4.78 is 15.7. The zero-order chi connectivity index (χ0) is 18.9. The Balaban J connectivity index is 1.49. The number of hydrogen-bond acceptors (Lipinski definition) is 5. The van der Waals surface area contributed by atoms with E-state index in [1.165, 1.54) is 12.7 Å². The van der Waals surface area contributed by atoms with Gasteiger partial charge < -0.3 is 14.2 Å². The number of para-hydroxylation sites is 1. The number of carbonyl (C=O) groups is 1. The second-order valence-corrected chi connectivity index (χ2v) is 6.16. The molecule has 0 radical (unpaired) electrons. The fourth-order valence-corrected chi connectivity index (χ4v) is 2.73. The van der Waals surface area contributed by atoms with Crippen molar-refractivity contribution in [2.75, 3.05) is 20.3 Å². The van der Waals surface area contributed by atoms with Crippen LogP contribution in [0.2, 0.25) is 0 Å². The number of fused-ring (bicyclic) bond motifs is 1. The number of benzene rings is 2. The van der Waals surface area contributed by atoms with Crippen LogP contribution < -0.4 is 4.74 Å². The number of rotatable bonds is 9. The smallest absolute Gasteiger partial charge is 0.331 e. The molecule has 3 aromatic rings. The van der Waals surface area contributed by atoms with E-state index in [0.717, 1.165) is 35.2 Å². The van der Waals surface area contributed by atoms with Crippen molar-refractivity contribution in [3.63, 3.8) is 0 Å². The third-order valence-electron chi connectivity index (χ3n) is 4.14. The normalized spacial score (nSPS) is 10.7. The second kappa shape index (κ2) is 9.69. The Bertz CT molecular complexity index is 894. The van der Waals surface area contributed by atoms with E-state index < -0.39 is 0 Å². The highest BCUT2D eigenvalue weighted by Crippen LogP contribution is 2.17. The molecular formula is C22H23NO4. The minimum atomic E-state index is -0.354. The zero-order valence-electron chi connectivity index (χ0n) is 15.4. The van der Waals surface area contributed by atoms with E-state index in [1.807, 2.05) is 48.5 Å². The van der Waals surface area contributed by atoms with E-state index in [4.69, 9.17) is 9.47 Å². The fraction of sp³-hybridized carbons (Fsp3) is 0.273. The summed E-state index contributed by atoms with van der Waals surface area (Å²) in [6.07, 6.45) is 1.68. The van der Waals surface area contributed by atoms with Crippen LogP contribution in [-0.4, -0.2) is 31.3 Å². The molecule has 1 aromatic heterocycles. The fourth-order valence-electron chi connectivity index (χ4n) is 2.73. The summed E-state index contributed by atoms with van der Waals surface area (Å²) in [7, 11) is 1.35. The van der Waals surface area contributed by atoms with E-state index in [-0.39, 0.29) is 12.6 Å². The quantitative estimate of drug-likeness (QED) is 0.425. The van der Waals surface area contributed by atoms with Gasteiger partial charge in [0.2, 0.25) is 0 Å². The predicted octanol–water partition coefficient (Wildman–Crippen LogP) is 3.94. The Morgan fingerprint density at radius 3 is 2.81 bits per heavy atom. The molecule has 0 aliphatic rings. The van der Waals surface area contributed by atoms with Crippen molar-refractivity contribution in [2.24, 2.45) is 0 Å². The maximum atomic E-state index is 11.0. The van der Waals surface area contributed by atoms with Crippen LogP contribution in [0.15, 0.2) is 60.7 Å². The minimum absolute atomic E-state index is 0.00158. The van der Waals surface area contributed by atoms with E-state index in [9.17, 15) is 4.79 Å². The number of aromatic nitrogens is 1. The Hall–Kier alpha value is -2.92. The average Bonchev–Trinajstić information content (AvgIpc) is 2.72. The summed E-state index contributed by atoms with van der Waals surface area (Å²) in [4.78, 5) is 15.6. The third-order valence-corrected chi connectivity index (χ3v) is 4.14. The molecule has 27 heavy (non-hydrogen) atoms. The van der Waals surface area contributed by atoms with Crippen LogP contribution in [-0.2, 0) is 27.3 Å². The van der Waals surface area contributed by atoms with Crippen molar-refractivity contribution in [3.05, 3.63) is 71.9 Å². The summed E-state index contributed by atoms with van der Waals surface area (Å²) in [5, 5.41) is 1.12. The van der Waals surface area contributed by atoms with Gasteiger partial charge in [-0.15, -0.1) is 0 Å². The number of methoxy groups -OCH3 is 1. The van der Waals surface area contributed by atoms with Crippen molar-refractivity contribution >= 4 is 16.9 Å². The van der Waals surface area contributed by atoms with Gasteiger partial charge in [-0.25, -0.2) is 9.78 Å². The Morgan fingerprint density at radius 1 is 1.04 bits per heavy atom. The maximum absolute atomic E-state index is 11.0. The van der Waals surface area contributed by atoms with Crippen molar-refractivity contribution in [1.29, 1.82) is 0 Å². The molecule has 0 saturated heterocycles. The average molecular weight is 365 g/mol. The highest BCUT2D eigenvalue weighted by Gasteiger charge is 2.03. The third kappa shape index (κ3) is 5.79. The van der Waals surface area contributed by atoms with Gasteiger partial charge in [-0.1, -0.05) is 36.4 Å². The van der Waals surface area contributed by atoms with Gasteiger partial charge in [-0.2, -0.15) is 0 Å². The van der Waals surface area contributed by atoms with Gasteiger partial charge in [0.15, 0.2) is 0 Å². The van der Waals surface area contributed by atoms with Crippen LogP contribution in [0.5, 0.6) is 5.75 Å². The van der Waals surface area contributed by atoms with Gasteiger partial charge in [-0.05, 0) is 42.7 Å². The molecule has 0 amide bonds. The lowest BCUT2D eigenvalue weighted by molar-refractivity contribution is -0.145. The van der Waals surface area contributed by atoms with Crippen LogP contribution in [0.3, 0.4) is 0 Å². The van der Waals surface area contributed by atoms with E-state index in [2.05, 4.69) is 21.9 Å². The van der Waals surface area contributed by atoms with Crippen molar-refractivity contribution in [3.8, 4) is 5.75 Å². The van der Waals surface area contributed by atoms with Crippen LogP contribution >= 0.6 is 0 Å². The Morgan fingerprint density at radius 2 is 1.93 bits per heavy atom. The van der Waals surface area contributed by atoms with Crippen molar-refractivity contribution in [1.82, 2.24) is 4.98 Å². The summed E-state index contributed by atoms with van der Waals surface area (Å²) in [6, 6.07) is 20.1. The van der Waals surface area contributed by atoms with Gasteiger partial charge in [0.05, 0.1) is 18.3 Å². The van der Waals surface area contributed by atoms with Gasteiger partial charge in [0.1, 0.15) is 19.0 Å². The highest BCUT2D eigenvalue weighted by atomic mass is 16.6. The first-order chi connectivity index (χ1) is 13.2. The SMILES string of the molecule is COC(=O)COCCCc1cccc(OCc2ccc3ccccc3n2)c1. The summed E-state index contributed by atoms with van der Waals surface area (Å²) in [5.74, 6) is 0.464. The van der Waals surface area contributed by atoms with Gasteiger partial charge in [0, 0.05) is 12.0 Å². The molecule has 0 unspecified atom stereocenters. The number of carbonyl (C=O) groups excluding carboxylic acids is 1. The van der Waals surface area contributed by atoms with Crippen molar-refractivity contribution < 1.29 is 19.0 Å². The molecule has 0 aliphatic carbocycles. The lowest BCUT2D eigenvalue weighted by Crippen LogP contribution is -2.11. The number of pyridine rings is 1. The first kappa shape index (κ1) is 18.9. The number of ether oxygens (including phenoxy) is 3. The lowest BCUT2D eigenvalue weighted by Gasteiger charge is -2.09. The molecule has 5 nitrogen and oxygen atoms in total. The summed E-state index contributed by atoms with van der Waals surface area (Å²) in [5.41, 5.74) is 3.04. The second-order valence-electron chi connectivity index (χ2n) is 6.16. The molecule has 0 aliphatic heterocycles. The number of aryl methyl sites for hydroxylation is 1. The standard InChI is InChI=1S/C22H23NO4/c1-25-22(24)16-26-13-5-7-17-6-4-9-20(14-17)27-15-19-12-11-18-8-2-3-10-21(18)23-19/h2-4,6,8-12,14H,5,7,13,15-16H2,1H3. The number of esters is 1. The van der Waals surface area contributed by atoms with Gasteiger partial charge in [0.25, 0.3) is 0 Å². The van der Waals surface area contributed by atoms with Gasteiger partial charge in [-0.3, -0.25) is 0 Å². The molecular weight excluding hydrogens is 342 g/mol. The molecule has 0 spiro atoms. The molecule has 0 fully saturated rings. The molecule has 0 bridgehead atoms. The highest BCUT2D eigenvalue weighted by molar-refractivity contribution is 5.78. The monoisotopic (exact) mass is 365 g/mol. The van der Waals surface area contributed by atoms with Crippen LogP contribution in [0.25, 0.3) is 10.9 Å². The first-order valence-electron chi connectivity index (χ1n) is 8.95. The Labute approximate surface area is 158 Å². The molecule has 140 valence electrons. The molecule has 1 heterocycles. The topological polar surface area (TPSA) is 57.7 Å². The van der Waals surface area contributed by atoms with E-state index in [0.29, 0.717) is 13.2 Å². The Kier molecular flexibility index (Phi) is 6.77. The summed E-state index contributed by atoms with van der Waals surface area (Å²) in [6.45, 7) is 0.941. The maximum Gasteiger partial charge on any atom is 0.331 e. The zero-order valence-corrected chi connectivity index (χ0v) is 15.4. The molecule has 2 aromatic carbocycles. The first-order valence-corrected chi connectivity index (χ1v) is 8.95. The van der Waals surface area contributed by atoms with E-state index >= 15 is 0 Å². The van der Waals surface area contributed by atoms with Gasteiger partial charge >= 0.3 is 5.97 Å². The van der Waals surface area contributed by atoms with E-state index in [1.54, 1.807) is 0 Å². The van der Waals surface area contributed by atoms with Crippen LogP contribution in [0, 0.1) is 0 Å². The summed E-state index contributed by atoms with van der Waals surface area (Å²) >= 11 is 0. The lowest BCUT2D eigenvalue weighted by atomic mass is 10.1. The number of hydrogen-bond donors (Lipinski definition) is 0. The molecule has 5 heteroatoms. The van der Waals surface area contributed by atoms with Crippen LogP contribution in [0.1, 0.15) is 17.7 Å². The molecule has 0 saturated carbocycles. The largest absolute Gasteiger partial charge is 0.487 e. The predicted molar refractivity (Wildman–Crippen MR) is 104 cm³/mol. The van der Waals surface area contributed by atoms with Crippen LogP contribution in [0.4, 0.5) is 0 Å². The molecule has 3 rings (SSSR count). The van der Waals surface area contributed by atoms with Crippen molar-refractivity contribution in [2.45, 2.75) is 19.4 Å². The number of nitrogens with zero attached hydrogens (tertiary/aromatic N) is 1.